The molecule has 0 saturated carbocycles. The van der Waals surface area contributed by atoms with E-state index in [-0.39, 0.29) is 17.1 Å². The van der Waals surface area contributed by atoms with Crippen LogP contribution >= 0.6 is 0 Å². The maximum Gasteiger partial charge on any atom is 0.412 e. The van der Waals surface area contributed by atoms with Gasteiger partial charge < -0.3 is 21.4 Å². The van der Waals surface area contributed by atoms with Crippen LogP contribution in [0, 0.1) is 5.21 Å². The van der Waals surface area contributed by atoms with Crippen molar-refractivity contribution in [3.05, 3.63) is 10.9 Å². The first-order valence-corrected chi connectivity index (χ1v) is 2.91. The summed E-state index contributed by atoms with van der Waals surface area (Å²) >= 11 is 0. The van der Waals surface area contributed by atoms with Crippen LogP contribution in [0.2, 0.25) is 0 Å². The van der Waals surface area contributed by atoms with Gasteiger partial charge in [-0.25, -0.2) is 4.79 Å². The van der Waals surface area contributed by atoms with Crippen molar-refractivity contribution in [1.82, 2.24) is 5.16 Å². The summed E-state index contributed by atoms with van der Waals surface area (Å²) in [5.41, 5.74) is 9.82. The molecule has 8 nitrogen and oxygen atoms in total. The van der Waals surface area contributed by atoms with E-state index in [0.29, 0.717) is 0 Å². The molecule has 1 aromatic rings. The number of hydrogen-bond donors (Lipinski definition) is 2. The molecule has 0 unspecified atom stereocenters. The zero-order valence-electron chi connectivity index (χ0n) is 5.89. The summed E-state index contributed by atoms with van der Waals surface area (Å²) in [5.74, 6) is -0.426. The van der Waals surface area contributed by atoms with Crippen LogP contribution in [0.4, 0.5) is 4.79 Å². The number of aromatic nitrogens is 2. The Bertz CT molecular complexity index is 295. The fourth-order valence-corrected chi connectivity index (χ4v) is 0.584. The van der Waals surface area contributed by atoms with Crippen molar-refractivity contribution in [2.45, 2.75) is 6.54 Å². The van der Waals surface area contributed by atoms with E-state index in [1.54, 1.807) is 0 Å². The number of carbonyl (C=O) groups is 1. The normalized spacial score (nSPS) is 9.75. The molecule has 0 aliphatic carbocycles. The molecule has 0 fully saturated rings. The van der Waals surface area contributed by atoms with Crippen LogP contribution in [0.5, 0.6) is 5.88 Å². The van der Waals surface area contributed by atoms with Gasteiger partial charge in [0.2, 0.25) is 0 Å². The zero-order chi connectivity index (χ0) is 9.14. The molecule has 12 heavy (non-hydrogen) atoms. The Morgan fingerprint density at radius 1 is 1.83 bits per heavy atom. The van der Waals surface area contributed by atoms with E-state index in [1.165, 1.54) is 0 Å². The van der Waals surface area contributed by atoms with Crippen LogP contribution in [-0.4, -0.2) is 11.2 Å². The highest BCUT2D eigenvalue weighted by Crippen LogP contribution is 2.08. The molecule has 0 aliphatic rings. The molecule has 1 amide bonds. The lowest BCUT2D eigenvalue weighted by atomic mass is 10.5. The third-order valence-electron chi connectivity index (χ3n) is 1.03. The summed E-state index contributed by atoms with van der Waals surface area (Å²) in [6.45, 7) is -0.0820. The smallest absolute Gasteiger partial charge is 0.367 e. The maximum absolute atomic E-state index is 10.6. The first-order chi connectivity index (χ1) is 5.65. The SMILES string of the molecule is NCc1no[n+]([O-])c1OC(N)=O. The Morgan fingerprint density at radius 3 is 3.00 bits per heavy atom. The molecule has 0 atom stereocenters. The van der Waals surface area contributed by atoms with E-state index in [2.05, 4.69) is 20.3 Å². The number of ether oxygens (including phenoxy) is 1. The Labute approximate surface area is 66.2 Å². The lowest BCUT2D eigenvalue weighted by molar-refractivity contribution is -0.804. The first-order valence-electron chi connectivity index (χ1n) is 2.91. The molecule has 66 valence electrons. The molecule has 4 N–H and O–H groups in total. The molecule has 0 aliphatic heterocycles. The first kappa shape index (κ1) is 8.27. The monoisotopic (exact) mass is 174 g/mol. The lowest BCUT2D eigenvalue weighted by Gasteiger charge is -1.94. The second kappa shape index (κ2) is 3.05. The summed E-state index contributed by atoms with van der Waals surface area (Å²) in [5, 5.41) is 13.8. The summed E-state index contributed by atoms with van der Waals surface area (Å²) in [7, 11) is 0. The number of nitrogens with two attached hydrogens (primary N) is 2. The van der Waals surface area contributed by atoms with Gasteiger partial charge in [-0.05, 0) is 4.90 Å². The minimum Gasteiger partial charge on any atom is -0.367 e. The van der Waals surface area contributed by atoms with Crippen molar-refractivity contribution < 1.29 is 19.1 Å². The second-order valence-electron chi connectivity index (χ2n) is 1.81. The van der Waals surface area contributed by atoms with Crippen LogP contribution in [0.3, 0.4) is 0 Å². The maximum atomic E-state index is 10.6. The molecule has 1 heterocycles. The highest BCUT2D eigenvalue weighted by molar-refractivity contribution is 5.67. The molecule has 0 saturated heterocycles. The Hall–Kier alpha value is -1.83. The average Bonchev–Trinajstić information content (AvgIpc) is 2.32. The molecular formula is C4H6N4O4. The number of carbonyl (C=O) groups excluding carboxylic acids is 1. The minimum atomic E-state index is -1.13. The van der Waals surface area contributed by atoms with Crippen LogP contribution < -0.4 is 21.1 Å². The number of nitrogens with zero attached hydrogens (tertiary/aromatic N) is 2. The molecular weight excluding hydrogens is 168 g/mol. The van der Waals surface area contributed by atoms with Gasteiger partial charge in [-0.3, -0.25) is 4.63 Å². The highest BCUT2D eigenvalue weighted by Gasteiger charge is 2.21. The van der Waals surface area contributed by atoms with E-state index in [4.69, 9.17) is 5.73 Å². The summed E-state index contributed by atoms with van der Waals surface area (Å²) in [6.07, 6.45) is -1.13. The largest absolute Gasteiger partial charge is 0.412 e. The van der Waals surface area contributed by atoms with Crippen molar-refractivity contribution in [3.63, 3.8) is 0 Å². The highest BCUT2D eigenvalue weighted by atomic mass is 16.8. The van der Waals surface area contributed by atoms with Crippen molar-refractivity contribution >= 4 is 6.09 Å². The summed E-state index contributed by atoms with van der Waals surface area (Å²) < 4.78 is 8.35. The van der Waals surface area contributed by atoms with E-state index >= 15 is 0 Å². The van der Waals surface area contributed by atoms with E-state index in [1.807, 2.05) is 0 Å². The van der Waals surface area contributed by atoms with Crippen molar-refractivity contribution in [2.24, 2.45) is 11.5 Å². The fourth-order valence-electron chi connectivity index (χ4n) is 0.584. The summed E-state index contributed by atoms with van der Waals surface area (Å²) in [6, 6.07) is 0. The Kier molecular flexibility index (Phi) is 2.10. The molecule has 0 spiro atoms. The van der Waals surface area contributed by atoms with Gasteiger partial charge in [0.15, 0.2) is 0 Å². The molecule has 0 radical (unpaired) electrons. The van der Waals surface area contributed by atoms with E-state index in [9.17, 15) is 10.0 Å². The summed E-state index contributed by atoms with van der Waals surface area (Å²) in [4.78, 5) is 10.1. The Balaban J connectivity index is 2.94. The molecule has 8 heteroatoms. The van der Waals surface area contributed by atoms with Crippen LogP contribution in [0.15, 0.2) is 4.63 Å². The number of rotatable bonds is 2. The van der Waals surface area contributed by atoms with Gasteiger partial charge in [0.05, 0.1) is 6.54 Å². The van der Waals surface area contributed by atoms with Crippen LogP contribution in [-0.2, 0) is 6.54 Å². The van der Waals surface area contributed by atoms with Gasteiger partial charge in [0, 0.05) is 5.16 Å². The topological polar surface area (TPSA) is 131 Å². The number of amides is 1. The van der Waals surface area contributed by atoms with Gasteiger partial charge in [0.25, 0.3) is 5.69 Å². The van der Waals surface area contributed by atoms with Crippen molar-refractivity contribution in [1.29, 1.82) is 0 Å². The van der Waals surface area contributed by atoms with Gasteiger partial charge in [-0.15, -0.1) is 0 Å². The second-order valence-corrected chi connectivity index (χ2v) is 1.81. The zero-order valence-corrected chi connectivity index (χ0v) is 5.89. The third-order valence-corrected chi connectivity index (χ3v) is 1.03. The predicted octanol–water partition coefficient (Wildman–Crippen LogP) is -1.78. The van der Waals surface area contributed by atoms with E-state index < -0.39 is 12.0 Å². The van der Waals surface area contributed by atoms with Crippen molar-refractivity contribution in [3.8, 4) is 5.88 Å². The number of primary amides is 1. The third kappa shape index (κ3) is 1.42. The lowest BCUT2D eigenvalue weighted by Crippen LogP contribution is -2.30. The van der Waals surface area contributed by atoms with Gasteiger partial charge in [-0.1, -0.05) is 0 Å². The van der Waals surface area contributed by atoms with E-state index in [0.717, 1.165) is 0 Å². The average molecular weight is 174 g/mol. The molecule has 0 aromatic carbocycles. The van der Waals surface area contributed by atoms with Crippen molar-refractivity contribution in [2.75, 3.05) is 0 Å². The fraction of sp³-hybridized carbons (Fsp3) is 0.250. The quantitative estimate of drug-likeness (QED) is 0.509. The van der Waals surface area contributed by atoms with Crippen LogP contribution in [0.1, 0.15) is 5.69 Å². The minimum absolute atomic E-state index is 0.0313. The number of hydrogen-bond acceptors (Lipinski definition) is 6. The molecule has 0 bridgehead atoms. The van der Waals surface area contributed by atoms with Gasteiger partial charge in [-0.2, -0.15) is 0 Å². The standard InChI is InChI=1S/C4H6N4O4/c5-1-2-3(11-4(6)9)8(10)12-7-2/h1,5H2,(H2,6,9). The van der Waals surface area contributed by atoms with Gasteiger partial charge in [0.1, 0.15) is 0 Å². The molecule has 1 aromatic heterocycles. The van der Waals surface area contributed by atoms with Crippen LogP contribution in [0.25, 0.3) is 0 Å². The predicted molar refractivity (Wildman–Crippen MR) is 33.6 cm³/mol. The molecule has 1 rings (SSSR count). The van der Waals surface area contributed by atoms with Gasteiger partial charge >= 0.3 is 12.0 Å². The Morgan fingerprint density at radius 2 is 2.50 bits per heavy atom.